The fraction of sp³-hybridized carbons (Fsp3) is 0.143. The topological polar surface area (TPSA) is 19.1 Å². The number of aromatic nitrogens is 2. The molecule has 0 atom stereocenters. The average Bonchev–Trinajstić information content (AvgIpc) is 3.71. The van der Waals surface area contributed by atoms with Gasteiger partial charge in [-0.25, -0.2) is 0 Å². The number of hydrogen-bond donors (Lipinski definition) is 0. The number of nitrogens with zero attached hydrogens (tertiary/aromatic N) is 3. The Hall–Kier alpha value is -5.16. The quantitative estimate of drug-likeness (QED) is 0.132. The zero-order valence-corrected chi connectivity index (χ0v) is 26.3. The number of fused-ring (bicyclic) bond motifs is 9. The standard InChI is InChI=1S/C42H36N3O/c1-45(25-11-12-26-46-2)41-23-21-29(43-37-17-7-3-13-31(37)32-14-4-8-18-38(32)43)27-35(41)36-28-30(22-24-42(36)45)44-39-19-9-5-15-33(39)34-16-6-10-20-40(34)44/h3-10,13-24,27-28H,11-12,25-26H2,1-2H3/q+1. The minimum atomic E-state index is 0.787. The maximum atomic E-state index is 5.42. The first-order valence-corrected chi connectivity index (χ1v) is 16.3. The summed E-state index contributed by atoms with van der Waals surface area (Å²) in [5.41, 5.74) is 12.7. The van der Waals surface area contributed by atoms with Gasteiger partial charge in [0.25, 0.3) is 0 Å². The van der Waals surface area contributed by atoms with Crippen LogP contribution < -0.4 is 4.48 Å². The van der Waals surface area contributed by atoms with Crippen LogP contribution in [0.3, 0.4) is 0 Å². The van der Waals surface area contributed by atoms with E-state index in [4.69, 9.17) is 4.74 Å². The smallest absolute Gasteiger partial charge is 0.146 e. The average molecular weight is 599 g/mol. The normalized spacial score (nSPS) is 13.6. The van der Waals surface area contributed by atoms with Gasteiger partial charge in [-0.05, 0) is 61.4 Å². The van der Waals surface area contributed by atoms with Gasteiger partial charge in [-0.15, -0.1) is 0 Å². The van der Waals surface area contributed by atoms with E-state index in [-0.39, 0.29) is 0 Å². The molecule has 2 aromatic heterocycles. The van der Waals surface area contributed by atoms with Crippen molar-refractivity contribution in [2.24, 2.45) is 0 Å². The summed E-state index contributed by atoms with van der Waals surface area (Å²) in [7, 11) is 4.18. The number of para-hydroxylation sites is 4. The molecular formula is C42H36N3O+. The maximum Gasteiger partial charge on any atom is 0.146 e. The van der Waals surface area contributed by atoms with Gasteiger partial charge in [0, 0.05) is 58.8 Å². The highest BCUT2D eigenvalue weighted by Crippen LogP contribution is 2.53. The lowest BCUT2D eigenvalue weighted by atomic mass is 10.0. The van der Waals surface area contributed by atoms with Crippen molar-refractivity contribution in [2.75, 3.05) is 27.3 Å². The zero-order chi connectivity index (χ0) is 30.8. The number of ether oxygens (including phenoxy) is 1. The Labute approximate surface area is 268 Å². The van der Waals surface area contributed by atoms with Crippen molar-refractivity contribution in [2.45, 2.75) is 12.8 Å². The van der Waals surface area contributed by atoms with Gasteiger partial charge >= 0.3 is 0 Å². The van der Waals surface area contributed by atoms with Crippen LogP contribution in [-0.2, 0) is 4.74 Å². The second-order valence-electron chi connectivity index (χ2n) is 12.8. The second-order valence-corrected chi connectivity index (χ2v) is 12.8. The summed E-state index contributed by atoms with van der Waals surface area (Å²) in [4.78, 5) is 0. The Bertz CT molecular complexity index is 2180. The van der Waals surface area contributed by atoms with Crippen LogP contribution in [0.2, 0.25) is 0 Å². The number of benzene rings is 6. The van der Waals surface area contributed by atoms with E-state index in [2.05, 4.69) is 150 Å². The van der Waals surface area contributed by atoms with Gasteiger partial charge in [0.05, 0.1) is 46.8 Å². The molecular weight excluding hydrogens is 562 g/mol. The summed E-state index contributed by atoms with van der Waals surface area (Å²) < 4.78 is 11.1. The maximum absolute atomic E-state index is 5.42. The molecule has 1 aliphatic rings. The lowest BCUT2D eigenvalue weighted by molar-refractivity contribution is 0.190. The third-order valence-electron chi connectivity index (χ3n) is 10.2. The van der Waals surface area contributed by atoms with Gasteiger partial charge in [0.1, 0.15) is 11.4 Å². The van der Waals surface area contributed by atoms with Crippen molar-refractivity contribution in [1.29, 1.82) is 0 Å². The summed E-state index contributed by atoms with van der Waals surface area (Å²) >= 11 is 0. The summed E-state index contributed by atoms with van der Waals surface area (Å²) in [5, 5.41) is 5.13. The highest BCUT2D eigenvalue weighted by atomic mass is 16.5. The third-order valence-corrected chi connectivity index (χ3v) is 10.2. The lowest BCUT2D eigenvalue weighted by Gasteiger charge is -2.31. The summed E-state index contributed by atoms with van der Waals surface area (Å²) in [5.74, 6) is 0. The van der Waals surface area contributed by atoms with Crippen LogP contribution in [0.5, 0.6) is 0 Å². The van der Waals surface area contributed by atoms with Gasteiger partial charge in [-0.1, -0.05) is 72.8 Å². The Morgan fingerprint density at radius 1 is 0.500 bits per heavy atom. The first-order valence-electron chi connectivity index (χ1n) is 16.3. The predicted molar refractivity (Wildman–Crippen MR) is 194 cm³/mol. The minimum Gasteiger partial charge on any atom is -0.385 e. The van der Waals surface area contributed by atoms with Gasteiger partial charge in [-0.2, -0.15) is 0 Å². The molecule has 0 amide bonds. The highest BCUT2D eigenvalue weighted by molar-refractivity contribution is 6.10. The van der Waals surface area contributed by atoms with Crippen molar-refractivity contribution in [3.63, 3.8) is 0 Å². The van der Waals surface area contributed by atoms with Crippen LogP contribution in [0.4, 0.5) is 11.4 Å². The summed E-state index contributed by atoms with van der Waals surface area (Å²) in [6.07, 6.45) is 2.14. The third kappa shape index (κ3) is 3.87. The van der Waals surface area contributed by atoms with E-state index in [0.717, 1.165) is 30.5 Å². The van der Waals surface area contributed by atoms with Gasteiger partial charge in [0.15, 0.2) is 0 Å². The summed E-state index contributed by atoms with van der Waals surface area (Å²) in [6, 6.07) is 49.3. The van der Waals surface area contributed by atoms with E-state index in [1.54, 1.807) is 7.11 Å². The molecule has 4 heteroatoms. The molecule has 8 aromatic rings. The Kier molecular flexibility index (Phi) is 6.17. The Morgan fingerprint density at radius 3 is 1.28 bits per heavy atom. The van der Waals surface area contributed by atoms with E-state index in [9.17, 15) is 0 Å². The molecule has 1 aliphatic heterocycles. The van der Waals surface area contributed by atoms with E-state index in [1.807, 2.05) is 0 Å². The molecule has 0 unspecified atom stereocenters. The van der Waals surface area contributed by atoms with Gasteiger partial charge in [-0.3, -0.25) is 4.48 Å². The Morgan fingerprint density at radius 2 is 0.891 bits per heavy atom. The number of quaternary nitrogens is 1. The molecule has 0 bridgehead atoms. The molecule has 0 saturated carbocycles. The van der Waals surface area contributed by atoms with Crippen molar-refractivity contribution in [3.05, 3.63) is 133 Å². The molecule has 0 spiro atoms. The minimum absolute atomic E-state index is 0.787. The fourth-order valence-electron chi connectivity index (χ4n) is 8.06. The number of hydrogen-bond acceptors (Lipinski definition) is 1. The first-order chi connectivity index (χ1) is 22.7. The van der Waals surface area contributed by atoms with Crippen LogP contribution in [0.15, 0.2) is 133 Å². The predicted octanol–water partition coefficient (Wildman–Crippen LogP) is 10.6. The first kappa shape index (κ1) is 27.2. The molecule has 9 rings (SSSR count). The molecule has 0 aliphatic carbocycles. The van der Waals surface area contributed by atoms with E-state index >= 15 is 0 Å². The van der Waals surface area contributed by atoms with Crippen LogP contribution in [0, 0.1) is 0 Å². The number of rotatable bonds is 7. The lowest BCUT2D eigenvalue weighted by Crippen LogP contribution is -2.38. The highest BCUT2D eigenvalue weighted by Gasteiger charge is 2.40. The van der Waals surface area contributed by atoms with Crippen LogP contribution in [-0.4, -0.2) is 36.4 Å². The van der Waals surface area contributed by atoms with Crippen molar-refractivity contribution in [3.8, 4) is 22.5 Å². The van der Waals surface area contributed by atoms with Crippen molar-refractivity contribution < 1.29 is 4.74 Å². The molecule has 4 nitrogen and oxygen atoms in total. The summed E-state index contributed by atoms with van der Waals surface area (Å²) in [6.45, 7) is 1.81. The van der Waals surface area contributed by atoms with Gasteiger partial charge < -0.3 is 13.9 Å². The molecule has 3 heterocycles. The van der Waals surface area contributed by atoms with E-state index in [1.165, 1.54) is 77.5 Å². The van der Waals surface area contributed by atoms with Crippen molar-refractivity contribution >= 4 is 55.0 Å². The van der Waals surface area contributed by atoms with E-state index in [0.29, 0.717) is 0 Å². The Balaban J connectivity index is 1.28. The molecule has 46 heavy (non-hydrogen) atoms. The zero-order valence-electron chi connectivity index (χ0n) is 26.3. The second kappa shape index (κ2) is 10.4. The molecule has 0 fully saturated rings. The molecule has 0 saturated heterocycles. The van der Waals surface area contributed by atoms with Gasteiger partial charge in [0.2, 0.25) is 0 Å². The largest absolute Gasteiger partial charge is 0.385 e. The molecule has 0 N–H and O–H groups in total. The van der Waals surface area contributed by atoms with Crippen LogP contribution in [0.1, 0.15) is 12.8 Å². The van der Waals surface area contributed by atoms with E-state index < -0.39 is 0 Å². The number of unbranched alkanes of at least 4 members (excludes halogenated alkanes) is 1. The molecule has 6 aromatic carbocycles. The fourth-order valence-corrected chi connectivity index (χ4v) is 8.06. The number of methoxy groups -OCH3 is 1. The molecule has 224 valence electrons. The molecule has 0 radical (unpaired) electrons. The SMILES string of the molecule is COCCCC[N+]1(C)c2ccc(-n3c4ccccc4c4ccccc43)cc2-c2cc(-n3c4ccccc4c4ccccc43)ccc21. The van der Waals surface area contributed by atoms with Crippen LogP contribution in [0.25, 0.3) is 66.1 Å². The van der Waals surface area contributed by atoms with Crippen molar-refractivity contribution in [1.82, 2.24) is 13.6 Å². The monoisotopic (exact) mass is 598 g/mol. The van der Waals surface area contributed by atoms with Crippen LogP contribution >= 0.6 is 0 Å².